The van der Waals surface area contributed by atoms with Crippen LogP contribution in [-0.2, 0) is 17.9 Å². The Hall–Kier alpha value is -3.36. The van der Waals surface area contributed by atoms with Gasteiger partial charge >= 0.3 is 0 Å². The monoisotopic (exact) mass is 462 g/mol. The lowest BCUT2D eigenvalue weighted by molar-refractivity contribution is -0.136. The summed E-state index contributed by atoms with van der Waals surface area (Å²) in [6, 6.07) is 12.9. The summed E-state index contributed by atoms with van der Waals surface area (Å²) in [6.07, 6.45) is 3.30. The topological polar surface area (TPSA) is 78.7 Å². The minimum Gasteiger partial charge on any atom is -0.396 e. The Morgan fingerprint density at radius 2 is 1.88 bits per heavy atom. The van der Waals surface area contributed by atoms with Gasteiger partial charge in [-0.15, -0.1) is 0 Å². The second kappa shape index (κ2) is 8.77. The van der Waals surface area contributed by atoms with E-state index < -0.39 is 6.04 Å². The third-order valence-corrected chi connectivity index (χ3v) is 7.19. The lowest BCUT2D eigenvalue weighted by Crippen LogP contribution is -2.47. The third kappa shape index (κ3) is 3.54. The molecule has 176 valence electrons. The Kier molecular flexibility index (Phi) is 5.79. The molecule has 1 N–H and O–H groups in total. The first-order chi connectivity index (χ1) is 16.4. The second-order valence-electron chi connectivity index (χ2n) is 9.22. The second-order valence-corrected chi connectivity index (χ2v) is 9.22. The molecule has 3 aromatic rings. The fourth-order valence-corrected chi connectivity index (χ4v) is 5.60. The van der Waals surface area contributed by atoms with Gasteiger partial charge in [0.2, 0.25) is 5.91 Å². The van der Waals surface area contributed by atoms with E-state index in [2.05, 4.69) is 4.98 Å². The molecule has 2 aliphatic rings. The number of carbonyl (C=O) groups excluding carboxylic acids is 1. The summed E-state index contributed by atoms with van der Waals surface area (Å²) in [6.45, 7) is 0.405. The number of aliphatic hydroxyl groups is 1. The summed E-state index contributed by atoms with van der Waals surface area (Å²) < 4.78 is 16.4. The maximum Gasteiger partial charge on any atom is 0.258 e. The summed E-state index contributed by atoms with van der Waals surface area (Å²) >= 11 is 0. The minimum atomic E-state index is -0.613. The van der Waals surface area contributed by atoms with E-state index in [-0.39, 0.29) is 48.3 Å². The van der Waals surface area contributed by atoms with Gasteiger partial charge in [0.25, 0.3) is 5.56 Å². The molecular weight excluding hydrogens is 435 g/mol. The lowest BCUT2D eigenvalue weighted by atomic mass is 9.88. The number of aliphatic hydroxyl groups excluding tert-OH is 1. The number of fused-ring (bicyclic) bond motifs is 3. The number of likely N-dealkylation sites (N-methyl/N-ethyl adjacent to an activating group) is 1. The molecule has 5 rings (SSSR count). The van der Waals surface area contributed by atoms with Gasteiger partial charge < -0.3 is 14.6 Å². The molecule has 0 unspecified atom stereocenters. The Labute approximate surface area is 197 Å². The molecule has 0 saturated carbocycles. The number of nitrogens with zero attached hydrogens (tertiary/aromatic N) is 4. The number of rotatable bonds is 5. The van der Waals surface area contributed by atoms with E-state index >= 15 is 0 Å². The van der Waals surface area contributed by atoms with Crippen molar-refractivity contribution in [3.8, 4) is 11.1 Å². The summed E-state index contributed by atoms with van der Waals surface area (Å²) in [4.78, 5) is 34.2. The van der Waals surface area contributed by atoms with Gasteiger partial charge in [-0.3, -0.25) is 19.5 Å². The average molecular weight is 463 g/mol. The largest absolute Gasteiger partial charge is 0.396 e. The van der Waals surface area contributed by atoms with Gasteiger partial charge in [-0.1, -0.05) is 18.2 Å². The highest BCUT2D eigenvalue weighted by Crippen LogP contribution is 2.50. The van der Waals surface area contributed by atoms with Crippen LogP contribution in [0.4, 0.5) is 4.39 Å². The van der Waals surface area contributed by atoms with Crippen LogP contribution in [0.3, 0.4) is 0 Å². The predicted octanol–water partition coefficient (Wildman–Crippen LogP) is 2.30. The molecule has 2 aromatic heterocycles. The minimum absolute atomic E-state index is 0.115. The molecule has 1 amide bonds. The van der Waals surface area contributed by atoms with Crippen molar-refractivity contribution in [2.24, 2.45) is 11.8 Å². The normalized spacial score (nSPS) is 23.5. The van der Waals surface area contributed by atoms with E-state index in [1.807, 2.05) is 17.0 Å². The van der Waals surface area contributed by atoms with Crippen LogP contribution in [0.25, 0.3) is 11.1 Å². The SMILES string of the molecule is CN(C)C(=O)[C@H]1[C@H](CO)[C@H]2Cn3c(ccc(-c4ccncc4)c3=O)[C@H]2N1Cc1ccccc1F. The van der Waals surface area contributed by atoms with Gasteiger partial charge in [-0.05, 0) is 35.9 Å². The predicted molar refractivity (Wildman–Crippen MR) is 125 cm³/mol. The van der Waals surface area contributed by atoms with E-state index in [0.29, 0.717) is 17.7 Å². The maximum absolute atomic E-state index is 14.6. The zero-order valence-electron chi connectivity index (χ0n) is 19.1. The van der Waals surface area contributed by atoms with Crippen LogP contribution in [0.15, 0.2) is 65.7 Å². The number of benzene rings is 1. The van der Waals surface area contributed by atoms with Crippen LogP contribution >= 0.6 is 0 Å². The Balaban J connectivity index is 1.62. The van der Waals surface area contributed by atoms with Crippen LogP contribution < -0.4 is 5.56 Å². The van der Waals surface area contributed by atoms with E-state index in [1.165, 1.54) is 11.0 Å². The van der Waals surface area contributed by atoms with Gasteiger partial charge in [0.05, 0.1) is 12.1 Å². The highest BCUT2D eigenvalue weighted by Gasteiger charge is 2.55. The molecule has 0 bridgehead atoms. The van der Waals surface area contributed by atoms with Gasteiger partial charge in [0.15, 0.2) is 0 Å². The fraction of sp³-hybridized carbons (Fsp3) is 0.346. The average Bonchev–Trinajstić information content (AvgIpc) is 3.36. The van der Waals surface area contributed by atoms with Crippen LogP contribution in [0, 0.1) is 17.7 Å². The Bertz CT molecular complexity index is 1280. The van der Waals surface area contributed by atoms with Gasteiger partial charge in [0.1, 0.15) is 5.82 Å². The van der Waals surface area contributed by atoms with Crippen molar-refractivity contribution in [1.29, 1.82) is 0 Å². The van der Waals surface area contributed by atoms with Gasteiger partial charge in [-0.2, -0.15) is 0 Å². The van der Waals surface area contributed by atoms with E-state index in [1.54, 1.807) is 61.4 Å². The first-order valence-corrected chi connectivity index (χ1v) is 11.4. The molecule has 4 heterocycles. The molecule has 1 aromatic carbocycles. The third-order valence-electron chi connectivity index (χ3n) is 7.19. The van der Waals surface area contributed by atoms with E-state index in [9.17, 15) is 19.1 Å². The molecular formula is C26H27FN4O3. The number of hydrogen-bond donors (Lipinski definition) is 1. The number of hydrogen-bond acceptors (Lipinski definition) is 5. The smallest absolute Gasteiger partial charge is 0.258 e. The zero-order chi connectivity index (χ0) is 24.0. The van der Waals surface area contributed by atoms with Crippen molar-refractivity contribution in [1.82, 2.24) is 19.4 Å². The molecule has 1 fully saturated rings. The quantitative estimate of drug-likeness (QED) is 0.630. The molecule has 0 radical (unpaired) electrons. The summed E-state index contributed by atoms with van der Waals surface area (Å²) in [5.41, 5.74) is 2.52. The fourth-order valence-electron chi connectivity index (χ4n) is 5.60. The molecule has 8 heteroatoms. The van der Waals surface area contributed by atoms with Crippen LogP contribution in [0.1, 0.15) is 17.3 Å². The standard InChI is InChI=1S/C26H27FN4O3/c1-29(2)26(34)24-20(15-32)19-14-30-22(8-7-18(25(30)33)16-9-11-28-12-10-16)23(19)31(24)13-17-5-3-4-6-21(17)27/h3-12,19-20,23-24,32H,13-15H2,1-2H3/t19-,20-,23+,24-/m1/s1. The Morgan fingerprint density at radius 1 is 1.15 bits per heavy atom. The summed E-state index contributed by atoms with van der Waals surface area (Å²) in [5.74, 6) is -1.00. The molecule has 0 aliphatic carbocycles. The molecule has 1 saturated heterocycles. The summed E-state index contributed by atoms with van der Waals surface area (Å²) in [7, 11) is 3.37. The number of carbonyl (C=O) groups is 1. The van der Waals surface area contributed by atoms with Crippen LogP contribution in [0.5, 0.6) is 0 Å². The van der Waals surface area contributed by atoms with E-state index in [4.69, 9.17) is 0 Å². The summed E-state index contributed by atoms with van der Waals surface area (Å²) in [5, 5.41) is 10.4. The van der Waals surface area contributed by atoms with Crippen molar-refractivity contribution < 1.29 is 14.3 Å². The van der Waals surface area contributed by atoms with Crippen molar-refractivity contribution in [2.75, 3.05) is 20.7 Å². The van der Waals surface area contributed by atoms with Crippen LogP contribution in [-0.4, -0.2) is 57.1 Å². The highest BCUT2D eigenvalue weighted by atomic mass is 19.1. The molecule has 0 spiro atoms. The van der Waals surface area contributed by atoms with Gasteiger partial charge in [0, 0.05) is 74.8 Å². The van der Waals surface area contributed by atoms with Crippen molar-refractivity contribution in [3.63, 3.8) is 0 Å². The van der Waals surface area contributed by atoms with Crippen LogP contribution in [0.2, 0.25) is 0 Å². The maximum atomic E-state index is 14.6. The van der Waals surface area contributed by atoms with E-state index in [0.717, 1.165) is 11.3 Å². The lowest BCUT2D eigenvalue weighted by Gasteiger charge is -2.32. The first-order valence-electron chi connectivity index (χ1n) is 11.4. The number of likely N-dealkylation sites (tertiary alicyclic amines) is 1. The first kappa shape index (κ1) is 22.4. The molecule has 7 nitrogen and oxygen atoms in total. The van der Waals surface area contributed by atoms with Crippen molar-refractivity contribution >= 4 is 5.91 Å². The molecule has 4 atom stereocenters. The number of amides is 1. The van der Waals surface area contributed by atoms with Crippen molar-refractivity contribution in [3.05, 3.63) is 88.4 Å². The highest BCUT2D eigenvalue weighted by molar-refractivity contribution is 5.82. The molecule has 34 heavy (non-hydrogen) atoms. The zero-order valence-corrected chi connectivity index (χ0v) is 19.1. The number of halogens is 1. The number of pyridine rings is 2. The molecule has 2 aliphatic heterocycles. The number of aromatic nitrogens is 2. The van der Waals surface area contributed by atoms with Crippen molar-refractivity contribution in [2.45, 2.75) is 25.2 Å². The van der Waals surface area contributed by atoms with Gasteiger partial charge in [-0.25, -0.2) is 4.39 Å². The Morgan fingerprint density at radius 3 is 2.56 bits per heavy atom.